The lowest BCUT2D eigenvalue weighted by Crippen LogP contribution is -2.54. The maximum absolute atomic E-state index is 11.8. The summed E-state index contributed by atoms with van der Waals surface area (Å²) in [5.41, 5.74) is 1.30. The topological polar surface area (TPSA) is 52.6 Å². The van der Waals surface area contributed by atoms with Gasteiger partial charge in [-0.25, -0.2) is 9.97 Å². The maximum atomic E-state index is 11.8. The van der Waals surface area contributed by atoms with E-state index in [9.17, 15) is 4.79 Å². The van der Waals surface area contributed by atoms with Gasteiger partial charge in [-0.15, -0.1) is 0 Å². The number of anilines is 1. The van der Waals surface area contributed by atoms with Gasteiger partial charge in [0, 0.05) is 49.9 Å². The Morgan fingerprint density at radius 1 is 1.03 bits per heavy atom. The minimum Gasteiger partial charge on any atom is -0.332 e. The molecule has 6 nitrogen and oxygen atoms in total. The zero-order valence-electron chi connectivity index (χ0n) is 19.1. The maximum Gasteiger partial charge on any atom is 0.225 e. The van der Waals surface area contributed by atoms with Crippen molar-refractivity contribution in [3.8, 4) is 0 Å². The lowest BCUT2D eigenvalue weighted by molar-refractivity contribution is -0.122. The number of carbonyl (C=O) groups is 1. The fourth-order valence-electron chi connectivity index (χ4n) is 5.51. The number of rotatable bonds is 8. The summed E-state index contributed by atoms with van der Waals surface area (Å²) in [6.45, 7) is 13.0. The molecule has 30 heavy (non-hydrogen) atoms. The van der Waals surface area contributed by atoms with E-state index < -0.39 is 0 Å². The second-order valence-corrected chi connectivity index (χ2v) is 9.80. The number of nitrogens with zero attached hydrogens (tertiary/aromatic N) is 5. The van der Waals surface area contributed by atoms with Gasteiger partial charge >= 0.3 is 0 Å². The van der Waals surface area contributed by atoms with E-state index in [0.29, 0.717) is 23.8 Å². The third-order valence-electron chi connectivity index (χ3n) is 7.49. The van der Waals surface area contributed by atoms with Crippen LogP contribution in [-0.4, -0.2) is 76.9 Å². The van der Waals surface area contributed by atoms with Crippen LogP contribution in [-0.2, 0) is 4.79 Å². The Bertz CT molecular complexity index is 684. The van der Waals surface area contributed by atoms with E-state index in [0.717, 1.165) is 58.1 Å². The van der Waals surface area contributed by atoms with Crippen molar-refractivity contribution in [3.05, 3.63) is 18.0 Å². The number of hydrogen-bond acceptors (Lipinski definition) is 6. The SMILES string of the molecule is CCN1CC2CCC(C1)N2c1ncc(C2CCN(CCCC(=O)C(C)C)CC2)cn1. The van der Waals surface area contributed by atoms with Crippen molar-refractivity contribution in [2.75, 3.05) is 44.2 Å². The van der Waals surface area contributed by atoms with E-state index in [1.165, 1.54) is 31.2 Å². The molecule has 0 spiro atoms. The van der Waals surface area contributed by atoms with Gasteiger partial charge in [-0.1, -0.05) is 20.8 Å². The summed E-state index contributed by atoms with van der Waals surface area (Å²) in [6.07, 6.45) is 10.8. The average Bonchev–Trinajstić information content (AvgIpc) is 3.03. The Kier molecular flexibility index (Phi) is 7.04. The summed E-state index contributed by atoms with van der Waals surface area (Å²) < 4.78 is 0. The first-order chi connectivity index (χ1) is 14.5. The van der Waals surface area contributed by atoms with E-state index in [1.807, 2.05) is 13.8 Å². The molecule has 6 heteroatoms. The van der Waals surface area contributed by atoms with Crippen molar-refractivity contribution in [1.82, 2.24) is 19.8 Å². The van der Waals surface area contributed by atoms with E-state index in [2.05, 4.69) is 34.0 Å². The van der Waals surface area contributed by atoms with Gasteiger partial charge in [0.05, 0.1) is 0 Å². The standard InChI is InChI=1S/C24H39N5O/c1-4-27-16-21-7-8-22(17-27)29(21)24-25-14-20(15-26-24)19-9-12-28(13-10-19)11-5-6-23(30)18(2)3/h14-15,18-19,21-22H,4-13,16-17H2,1-3H3. The molecule has 3 aliphatic heterocycles. The van der Waals surface area contributed by atoms with Gasteiger partial charge in [0.1, 0.15) is 5.78 Å². The molecule has 1 aromatic rings. The van der Waals surface area contributed by atoms with Gasteiger partial charge in [-0.2, -0.15) is 0 Å². The zero-order valence-corrected chi connectivity index (χ0v) is 19.1. The fraction of sp³-hybridized carbons (Fsp3) is 0.792. The summed E-state index contributed by atoms with van der Waals surface area (Å²) in [5.74, 6) is 2.08. The summed E-state index contributed by atoms with van der Waals surface area (Å²) in [7, 11) is 0. The second-order valence-electron chi connectivity index (χ2n) is 9.80. The Labute approximate surface area is 182 Å². The molecule has 2 unspecified atom stereocenters. The highest BCUT2D eigenvalue weighted by Gasteiger charge is 2.40. The highest BCUT2D eigenvalue weighted by atomic mass is 16.1. The lowest BCUT2D eigenvalue weighted by Gasteiger charge is -2.40. The molecule has 0 amide bonds. The molecule has 4 heterocycles. The lowest BCUT2D eigenvalue weighted by atomic mass is 9.91. The molecule has 4 rings (SSSR count). The van der Waals surface area contributed by atoms with Crippen molar-refractivity contribution in [2.24, 2.45) is 5.92 Å². The van der Waals surface area contributed by atoms with Gasteiger partial charge < -0.3 is 9.80 Å². The number of likely N-dealkylation sites (N-methyl/N-ethyl adjacent to an activating group) is 1. The Morgan fingerprint density at radius 3 is 2.23 bits per heavy atom. The normalized spacial score (nSPS) is 25.9. The number of carbonyl (C=O) groups excluding carboxylic acids is 1. The van der Waals surface area contributed by atoms with Crippen LogP contribution in [0.15, 0.2) is 12.4 Å². The van der Waals surface area contributed by atoms with E-state index in [4.69, 9.17) is 9.97 Å². The number of aromatic nitrogens is 2. The van der Waals surface area contributed by atoms with Crippen LogP contribution >= 0.6 is 0 Å². The molecule has 2 atom stereocenters. The first kappa shape index (κ1) is 21.7. The molecular weight excluding hydrogens is 374 g/mol. The van der Waals surface area contributed by atoms with Crippen LogP contribution in [0, 0.1) is 5.92 Å². The molecule has 0 radical (unpaired) electrons. The van der Waals surface area contributed by atoms with Crippen LogP contribution in [0.25, 0.3) is 0 Å². The predicted octanol–water partition coefficient (Wildman–Crippen LogP) is 3.33. The molecule has 0 aromatic carbocycles. The third kappa shape index (κ3) is 4.86. The molecule has 166 valence electrons. The quantitative estimate of drug-likeness (QED) is 0.652. The minimum absolute atomic E-state index is 0.171. The summed E-state index contributed by atoms with van der Waals surface area (Å²) in [6, 6.07) is 1.17. The van der Waals surface area contributed by atoms with Crippen LogP contribution in [0.5, 0.6) is 0 Å². The van der Waals surface area contributed by atoms with Gasteiger partial charge in [0.15, 0.2) is 0 Å². The van der Waals surface area contributed by atoms with Crippen LogP contribution in [0.2, 0.25) is 0 Å². The van der Waals surface area contributed by atoms with Crippen LogP contribution < -0.4 is 4.90 Å². The Balaban J connectivity index is 1.26. The number of likely N-dealkylation sites (tertiary alicyclic amines) is 2. The molecule has 2 bridgehead atoms. The van der Waals surface area contributed by atoms with E-state index in [1.54, 1.807) is 0 Å². The molecule has 0 aliphatic carbocycles. The van der Waals surface area contributed by atoms with Crippen molar-refractivity contribution in [3.63, 3.8) is 0 Å². The van der Waals surface area contributed by atoms with Crippen LogP contribution in [0.4, 0.5) is 5.95 Å². The first-order valence-corrected chi connectivity index (χ1v) is 12.1. The van der Waals surface area contributed by atoms with Gasteiger partial charge in [0.2, 0.25) is 5.95 Å². The molecule has 3 fully saturated rings. The number of piperidine rings is 1. The van der Waals surface area contributed by atoms with Crippen molar-refractivity contribution in [2.45, 2.75) is 77.3 Å². The minimum atomic E-state index is 0.171. The third-order valence-corrected chi connectivity index (χ3v) is 7.49. The van der Waals surface area contributed by atoms with E-state index >= 15 is 0 Å². The van der Waals surface area contributed by atoms with Crippen LogP contribution in [0.1, 0.15) is 70.8 Å². The molecule has 3 aliphatic rings. The Morgan fingerprint density at radius 2 is 1.67 bits per heavy atom. The second kappa shape index (κ2) is 9.73. The molecule has 0 saturated carbocycles. The highest BCUT2D eigenvalue weighted by molar-refractivity contribution is 5.80. The van der Waals surface area contributed by atoms with Crippen molar-refractivity contribution < 1.29 is 4.79 Å². The summed E-state index contributed by atoms with van der Waals surface area (Å²) in [4.78, 5) is 29.0. The zero-order chi connectivity index (χ0) is 21.1. The molecule has 3 saturated heterocycles. The predicted molar refractivity (Wildman–Crippen MR) is 121 cm³/mol. The Hall–Kier alpha value is -1.53. The summed E-state index contributed by atoms with van der Waals surface area (Å²) in [5, 5.41) is 0. The largest absolute Gasteiger partial charge is 0.332 e. The van der Waals surface area contributed by atoms with Crippen LogP contribution in [0.3, 0.4) is 0 Å². The van der Waals surface area contributed by atoms with E-state index in [-0.39, 0.29) is 5.92 Å². The molecular formula is C24H39N5O. The smallest absolute Gasteiger partial charge is 0.225 e. The molecule has 0 N–H and O–H groups in total. The number of piperazine rings is 1. The number of Topliss-reactive ketones (excluding diaryl/α,β-unsaturated/α-hetero) is 1. The van der Waals surface area contributed by atoms with Gasteiger partial charge in [-0.05, 0) is 69.8 Å². The highest BCUT2D eigenvalue weighted by Crippen LogP contribution is 2.34. The van der Waals surface area contributed by atoms with Gasteiger partial charge in [0.25, 0.3) is 0 Å². The van der Waals surface area contributed by atoms with Crippen molar-refractivity contribution >= 4 is 11.7 Å². The average molecular weight is 414 g/mol. The number of fused-ring (bicyclic) bond motifs is 2. The number of ketones is 1. The first-order valence-electron chi connectivity index (χ1n) is 12.1. The fourth-order valence-corrected chi connectivity index (χ4v) is 5.51. The number of hydrogen-bond donors (Lipinski definition) is 0. The summed E-state index contributed by atoms with van der Waals surface area (Å²) >= 11 is 0. The van der Waals surface area contributed by atoms with Gasteiger partial charge in [-0.3, -0.25) is 9.69 Å². The monoisotopic (exact) mass is 413 g/mol. The van der Waals surface area contributed by atoms with Crippen molar-refractivity contribution in [1.29, 1.82) is 0 Å². The molecule has 1 aromatic heterocycles.